The van der Waals surface area contributed by atoms with Crippen LogP contribution >= 0.6 is 0 Å². The molecular weight excluding hydrogens is 442 g/mol. The highest BCUT2D eigenvalue weighted by atomic mass is 16.6. The average molecular weight is 482 g/mol. The lowest BCUT2D eigenvalue weighted by Crippen LogP contribution is -2.44. The monoisotopic (exact) mass is 481 g/mol. The average Bonchev–Trinajstić information content (AvgIpc) is 2.89. The minimum atomic E-state index is 0.103. The summed E-state index contributed by atoms with van der Waals surface area (Å²) in [5, 5.41) is 11.9. The summed E-state index contributed by atoms with van der Waals surface area (Å²) in [6.45, 7) is 10.1. The van der Waals surface area contributed by atoms with Crippen molar-refractivity contribution < 1.29 is 14.6 Å². The molecule has 0 amide bonds. The summed E-state index contributed by atoms with van der Waals surface area (Å²) in [6.07, 6.45) is 7.72. The van der Waals surface area contributed by atoms with Gasteiger partial charge >= 0.3 is 0 Å². The topological polar surface area (TPSA) is 76.0 Å². The number of hydrogen-bond acceptors (Lipinski definition) is 6. The third kappa shape index (κ3) is 6.22. The van der Waals surface area contributed by atoms with E-state index in [4.69, 9.17) is 14.6 Å². The number of rotatable bonds is 6. The zero-order chi connectivity index (χ0) is 24.8. The number of aromatic nitrogens is 1. The fourth-order valence-corrected chi connectivity index (χ4v) is 5.22. The Balaban J connectivity index is 0.00000141. The van der Waals surface area contributed by atoms with E-state index in [2.05, 4.69) is 47.5 Å². The van der Waals surface area contributed by atoms with Gasteiger partial charge in [-0.15, -0.1) is 0 Å². The molecule has 7 heteroatoms. The molecule has 190 valence electrons. The number of aliphatic hydroxyl groups is 1. The molecule has 0 bridgehead atoms. The molecule has 3 heterocycles. The van der Waals surface area contributed by atoms with Crippen LogP contribution in [0.4, 0.5) is 0 Å². The Labute approximate surface area is 208 Å². The van der Waals surface area contributed by atoms with Crippen molar-refractivity contribution in [3.8, 4) is 0 Å². The van der Waals surface area contributed by atoms with Crippen LogP contribution in [0.15, 0.2) is 52.5 Å². The number of nitrogens with zero attached hydrogens (tertiary/aromatic N) is 2. The van der Waals surface area contributed by atoms with E-state index in [1.54, 1.807) is 6.07 Å². The van der Waals surface area contributed by atoms with Crippen molar-refractivity contribution in [1.29, 1.82) is 0 Å². The van der Waals surface area contributed by atoms with Gasteiger partial charge in [-0.3, -0.25) is 4.79 Å². The Bertz CT molecular complexity index is 1130. The molecule has 2 aromatic rings. The van der Waals surface area contributed by atoms with E-state index in [1.807, 2.05) is 11.5 Å². The van der Waals surface area contributed by atoms with Gasteiger partial charge in [0, 0.05) is 44.2 Å². The molecule has 35 heavy (non-hydrogen) atoms. The number of pyridine rings is 1. The lowest BCUT2D eigenvalue weighted by molar-refractivity contribution is -0.0417. The largest absolute Gasteiger partial charge is 0.493 e. The number of hydrogen-bond donors (Lipinski definition) is 2. The summed E-state index contributed by atoms with van der Waals surface area (Å²) >= 11 is 0. The number of likely N-dealkylation sites (tertiary alicyclic amines) is 1. The van der Waals surface area contributed by atoms with E-state index in [1.165, 1.54) is 16.5 Å². The normalized spacial score (nSPS) is 20.9. The van der Waals surface area contributed by atoms with E-state index in [9.17, 15) is 4.79 Å². The van der Waals surface area contributed by atoms with Crippen LogP contribution in [0.3, 0.4) is 0 Å². The van der Waals surface area contributed by atoms with Crippen LogP contribution in [-0.2, 0) is 16.0 Å². The van der Waals surface area contributed by atoms with Gasteiger partial charge in [-0.05, 0) is 75.0 Å². The van der Waals surface area contributed by atoms with E-state index in [-0.39, 0.29) is 11.7 Å². The lowest BCUT2D eigenvalue weighted by atomic mass is 10.0. The summed E-state index contributed by atoms with van der Waals surface area (Å²) in [5.74, 6) is 0.990. The summed E-state index contributed by atoms with van der Waals surface area (Å²) in [7, 11) is 1.00. The van der Waals surface area contributed by atoms with E-state index >= 15 is 0 Å². The highest BCUT2D eigenvalue weighted by Gasteiger charge is 2.24. The predicted molar refractivity (Wildman–Crippen MR) is 140 cm³/mol. The third-order valence-corrected chi connectivity index (χ3v) is 7.21. The molecule has 2 fully saturated rings. The molecule has 1 unspecified atom stereocenters. The number of aryl methyl sites for hydroxylation is 2. The first kappa shape index (κ1) is 25.6. The molecule has 3 aliphatic rings. The van der Waals surface area contributed by atoms with Crippen molar-refractivity contribution in [1.82, 2.24) is 14.8 Å². The number of benzene rings is 1. The number of nitrogens with one attached hydrogen (secondary N) is 1. The molecule has 0 spiro atoms. The molecule has 1 atom stereocenters. The lowest BCUT2D eigenvalue weighted by Gasteiger charge is -2.33. The molecule has 2 aliphatic heterocycles. The highest BCUT2D eigenvalue weighted by molar-refractivity contribution is 5.83. The van der Waals surface area contributed by atoms with Crippen molar-refractivity contribution in [2.24, 2.45) is 0 Å². The number of ether oxygens (including phenoxy) is 2. The molecule has 0 saturated carbocycles. The summed E-state index contributed by atoms with van der Waals surface area (Å²) in [6, 6.07) is 8.71. The standard InChI is InChI=1S/C27H35N3O3.CH4O/c1-19-3-5-23-20(2)16-27(31)30(24(23)15-19)12-11-29-9-7-22(8-10-29)28-18-21-4-6-25-26(17-21)33-14-13-32-25;1-2/h3-5,15-17,22,25,28H,6-14,18H2,1-2H3;2H,1H3. The van der Waals surface area contributed by atoms with Gasteiger partial charge in [0.1, 0.15) is 18.5 Å². The smallest absolute Gasteiger partial charge is 0.251 e. The fourth-order valence-electron chi connectivity index (χ4n) is 5.22. The van der Waals surface area contributed by atoms with Crippen LogP contribution < -0.4 is 10.9 Å². The molecule has 1 aromatic heterocycles. The molecule has 1 aromatic carbocycles. The maximum Gasteiger partial charge on any atom is 0.251 e. The van der Waals surface area contributed by atoms with Crippen LogP contribution in [0.2, 0.25) is 0 Å². The van der Waals surface area contributed by atoms with E-state index < -0.39 is 0 Å². The first-order valence-corrected chi connectivity index (χ1v) is 12.7. The number of fused-ring (bicyclic) bond motifs is 2. The predicted octanol–water partition coefficient (Wildman–Crippen LogP) is 2.91. The highest BCUT2D eigenvalue weighted by Crippen LogP contribution is 2.25. The number of aliphatic hydroxyl groups excluding tert-OH is 1. The second kappa shape index (κ2) is 12.0. The Morgan fingerprint density at radius 3 is 2.69 bits per heavy atom. The minimum Gasteiger partial charge on any atom is -0.493 e. The van der Waals surface area contributed by atoms with Crippen molar-refractivity contribution >= 4 is 10.9 Å². The quantitative estimate of drug-likeness (QED) is 0.661. The van der Waals surface area contributed by atoms with E-state index in [0.717, 1.165) is 75.9 Å². The summed E-state index contributed by atoms with van der Waals surface area (Å²) in [4.78, 5) is 15.2. The Morgan fingerprint density at radius 1 is 1.09 bits per heavy atom. The first-order chi connectivity index (χ1) is 17.1. The zero-order valence-corrected chi connectivity index (χ0v) is 21.3. The van der Waals surface area contributed by atoms with Crippen molar-refractivity contribution in [3.63, 3.8) is 0 Å². The van der Waals surface area contributed by atoms with Crippen molar-refractivity contribution in [3.05, 3.63) is 69.2 Å². The molecule has 2 saturated heterocycles. The molecule has 5 rings (SSSR count). The van der Waals surface area contributed by atoms with Gasteiger partial charge in [0.15, 0.2) is 0 Å². The Hall–Kier alpha value is -2.45. The van der Waals surface area contributed by atoms with Gasteiger partial charge in [0.05, 0.1) is 12.1 Å². The van der Waals surface area contributed by atoms with Crippen molar-refractivity contribution in [2.45, 2.75) is 51.8 Å². The molecule has 7 nitrogen and oxygen atoms in total. The van der Waals surface area contributed by atoms with Gasteiger partial charge in [-0.2, -0.15) is 0 Å². The van der Waals surface area contributed by atoms with Crippen molar-refractivity contribution in [2.75, 3.05) is 46.5 Å². The van der Waals surface area contributed by atoms with E-state index in [0.29, 0.717) is 19.3 Å². The molecule has 0 radical (unpaired) electrons. The molecular formula is C28H39N3O4. The van der Waals surface area contributed by atoms with Gasteiger partial charge in [0.2, 0.25) is 0 Å². The SMILES string of the molecule is CO.Cc1ccc2c(C)cc(=O)n(CCN3CCC(NCC4=CCC5OCCOC5=C4)CC3)c2c1. The Morgan fingerprint density at radius 2 is 1.89 bits per heavy atom. The maximum absolute atomic E-state index is 12.7. The van der Waals surface area contributed by atoms with Gasteiger partial charge in [0.25, 0.3) is 5.56 Å². The summed E-state index contributed by atoms with van der Waals surface area (Å²) in [5.41, 5.74) is 4.71. The van der Waals surface area contributed by atoms with Crippen LogP contribution in [0.1, 0.15) is 30.4 Å². The molecule has 1 aliphatic carbocycles. The third-order valence-electron chi connectivity index (χ3n) is 7.21. The zero-order valence-electron chi connectivity index (χ0n) is 21.3. The minimum absolute atomic E-state index is 0.103. The van der Waals surface area contributed by atoms with Gasteiger partial charge in [-0.25, -0.2) is 0 Å². The number of piperidine rings is 1. The molecule has 2 N–H and O–H groups in total. The fraction of sp³-hybridized carbons (Fsp3) is 0.536. The Kier molecular flexibility index (Phi) is 8.78. The maximum atomic E-state index is 12.7. The first-order valence-electron chi connectivity index (χ1n) is 12.7. The second-order valence-corrected chi connectivity index (χ2v) is 9.60. The second-order valence-electron chi connectivity index (χ2n) is 9.60. The van der Waals surface area contributed by atoms with Crippen LogP contribution in [0.25, 0.3) is 10.9 Å². The van der Waals surface area contributed by atoms with Crippen LogP contribution in [0, 0.1) is 13.8 Å². The summed E-state index contributed by atoms with van der Waals surface area (Å²) < 4.78 is 13.5. The van der Waals surface area contributed by atoms with Crippen LogP contribution in [-0.4, -0.2) is 73.2 Å². The van der Waals surface area contributed by atoms with Gasteiger partial charge < -0.3 is 29.4 Å². The van der Waals surface area contributed by atoms with Crippen LogP contribution in [0.5, 0.6) is 0 Å². The van der Waals surface area contributed by atoms with Gasteiger partial charge in [-0.1, -0.05) is 18.2 Å².